The monoisotopic (exact) mass is 446 g/mol. The van der Waals surface area contributed by atoms with Crippen molar-refractivity contribution in [2.45, 2.75) is 23.8 Å². The maximum absolute atomic E-state index is 13.1. The number of sulfonamides is 1. The summed E-state index contributed by atoms with van der Waals surface area (Å²) in [6.07, 6.45) is 2.14. The van der Waals surface area contributed by atoms with Crippen LogP contribution in [0.1, 0.15) is 45.2 Å². The molecule has 9 heteroatoms. The SMILES string of the molecule is COC(=O)c1cc(C(=O)OC)cc(S(=O)(=O)NCC(c2ccccc2)N2CCCC2)c1. The summed E-state index contributed by atoms with van der Waals surface area (Å²) in [7, 11) is -1.65. The molecule has 0 bridgehead atoms. The first-order valence-electron chi connectivity index (χ1n) is 9.96. The molecule has 1 heterocycles. The van der Waals surface area contributed by atoms with Crippen molar-refractivity contribution in [3.8, 4) is 0 Å². The van der Waals surface area contributed by atoms with E-state index in [0.717, 1.165) is 31.5 Å². The molecule has 1 aliphatic rings. The van der Waals surface area contributed by atoms with Gasteiger partial charge in [-0.15, -0.1) is 0 Å². The van der Waals surface area contributed by atoms with Gasteiger partial charge in [-0.2, -0.15) is 0 Å². The van der Waals surface area contributed by atoms with Crippen molar-refractivity contribution >= 4 is 22.0 Å². The topological polar surface area (TPSA) is 102 Å². The second kappa shape index (κ2) is 10.0. The van der Waals surface area contributed by atoms with E-state index in [1.165, 1.54) is 32.4 Å². The zero-order valence-electron chi connectivity index (χ0n) is 17.5. The van der Waals surface area contributed by atoms with Gasteiger partial charge in [0.1, 0.15) is 0 Å². The third kappa shape index (κ3) is 5.49. The van der Waals surface area contributed by atoms with Crippen LogP contribution in [0.25, 0.3) is 0 Å². The van der Waals surface area contributed by atoms with Gasteiger partial charge in [0.05, 0.1) is 30.2 Å². The van der Waals surface area contributed by atoms with E-state index in [9.17, 15) is 18.0 Å². The number of esters is 2. The Labute approximate surface area is 182 Å². The maximum Gasteiger partial charge on any atom is 0.337 e. The Morgan fingerprint density at radius 1 is 0.968 bits per heavy atom. The first kappa shape index (κ1) is 22.9. The van der Waals surface area contributed by atoms with Crippen molar-refractivity contribution < 1.29 is 27.5 Å². The standard InChI is InChI=1S/C22H26N2O6S/c1-29-21(25)17-12-18(22(26)30-2)14-19(13-17)31(27,28)23-15-20(24-10-6-7-11-24)16-8-4-3-5-9-16/h3-5,8-9,12-14,20,23H,6-7,10-11,15H2,1-2H3. The summed E-state index contributed by atoms with van der Waals surface area (Å²) in [5.41, 5.74) is 0.917. The minimum Gasteiger partial charge on any atom is -0.465 e. The molecule has 0 radical (unpaired) electrons. The molecule has 1 atom stereocenters. The van der Waals surface area contributed by atoms with Crippen LogP contribution in [0.15, 0.2) is 53.4 Å². The van der Waals surface area contributed by atoms with Gasteiger partial charge in [0.15, 0.2) is 0 Å². The quantitative estimate of drug-likeness (QED) is 0.621. The molecule has 3 rings (SSSR count). The van der Waals surface area contributed by atoms with E-state index in [4.69, 9.17) is 0 Å². The van der Waals surface area contributed by atoms with E-state index in [1.54, 1.807) is 0 Å². The van der Waals surface area contributed by atoms with Gasteiger partial charge in [-0.1, -0.05) is 30.3 Å². The molecular weight excluding hydrogens is 420 g/mol. The van der Waals surface area contributed by atoms with Gasteiger partial charge in [-0.3, -0.25) is 4.90 Å². The molecule has 0 aromatic heterocycles. The molecule has 31 heavy (non-hydrogen) atoms. The van der Waals surface area contributed by atoms with Crippen LogP contribution in [0.3, 0.4) is 0 Å². The summed E-state index contributed by atoms with van der Waals surface area (Å²) in [5.74, 6) is -1.50. The Bertz CT molecular complexity index is 999. The predicted octanol–water partition coefficient (Wildman–Crippen LogP) is 2.38. The van der Waals surface area contributed by atoms with Crippen molar-refractivity contribution in [3.05, 3.63) is 65.2 Å². The molecule has 8 nitrogen and oxygen atoms in total. The van der Waals surface area contributed by atoms with Gasteiger partial charge in [-0.05, 0) is 49.7 Å². The van der Waals surface area contributed by atoms with Crippen molar-refractivity contribution in [3.63, 3.8) is 0 Å². The number of nitrogens with one attached hydrogen (secondary N) is 1. The van der Waals surface area contributed by atoms with Gasteiger partial charge >= 0.3 is 11.9 Å². The fraction of sp³-hybridized carbons (Fsp3) is 0.364. The molecule has 1 fully saturated rings. The number of carbonyl (C=O) groups excluding carboxylic acids is 2. The number of hydrogen-bond acceptors (Lipinski definition) is 7. The van der Waals surface area contributed by atoms with Crippen molar-refractivity contribution in [1.29, 1.82) is 0 Å². The lowest BCUT2D eigenvalue weighted by molar-refractivity contribution is 0.0598. The molecule has 1 saturated heterocycles. The fourth-order valence-corrected chi connectivity index (χ4v) is 4.79. The highest BCUT2D eigenvalue weighted by Gasteiger charge is 2.27. The number of carbonyl (C=O) groups is 2. The van der Waals surface area contributed by atoms with Crippen LogP contribution >= 0.6 is 0 Å². The van der Waals surface area contributed by atoms with Crippen LogP contribution in [-0.2, 0) is 19.5 Å². The number of hydrogen-bond donors (Lipinski definition) is 1. The van der Waals surface area contributed by atoms with Gasteiger partial charge in [0.2, 0.25) is 10.0 Å². The number of ether oxygens (including phenoxy) is 2. The smallest absolute Gasteiger partial charge is 0.337 e. The molecule has 0 amide bonds. The Balaban J connectivity index is 1.89. The van der Waals surface area contributed by atoms with Crippen LogP contribution in [0.5, 0.6) is 0 Å². The van der Waals surface area contributed by atoms with E-state index in [1.807, 2.05) is 30.3 Å². The summed E-state index contributed by atoms with van der Waals surface area (Å²) in [6, 6.07) is 13.2. The number of methoxy groups -OCH3 is 2. The van der Waals surface area contributed by atoms with Crippen LogP contribution in [0.2, 0.25) is 0 Å². The average Bonchev–Trinajstić information content (AvgIpc) is 3.33. The number of nitrogens with zero attached hydrogens (tertiary/aromatic N) is 1. The molecule has 0 spiro atoms. The molecule has 0 aliphatic carbocycles. The second-order valence-electron chi connectivity index (χ2n) is 7.25. The second-order valence-corrected chi connectivity index (χ2v) is 9.02. The zero-order chi connectivity index (χ0) is 22.4. The highest BCUT2D eigenvalue weighted by molar-refractivity contribution is 7.89. The Morgan fingerprint density at radius 3 is 2.03 bits per heavy atom. The summed E-state index contributed by atoms with van der Waals surface area (Å²) < 4.78 is 38.2. The van der Waals surface area contributed by atoms with Gasteiger partial charge in [0, 0.05) is 12.6 Å². The lowest BCUT2D eigenvalue weighted by atomic mass is 10.1. The fourth-order valence-electron chi connectivity index (χ4n) is 3.68. The molecule has 1 aliphatic heterocycles. The van der Waals surface area contributed by atoms with E-state index in [2.05, 4.69) is 19.1 Å². The maximum atomic E-state index is 13.1. The van der Waals surface area contributed by atoms with E-state index in [0.29, 0.717) is 0 Å². The lowest BCUT2D eigenvalue weighted by Gasteiger charge is -2.28. The van der Waals surface area contributed by atoms with Gasteiger partial charge in [0.25, 0.3) is 0 Å². The molecule has 1 N–H and O–H groups in total. The minimum atomic E-state index is -4.01. The molecule has 2 aromatic rings. The third-order valence-electron chi connectivity index (χ3n) is 5.29. The molecule has 166 valence electrons. The van der Waals surface area contributed by atoms with Gasteiger partial charge < -0.3 is 9.47 Å². The summed E-state index contributed by atoms with van der Waals surface area (Å²) >= 11 is 0. The molecule has 0 saturated carbocycles. The van der Waals surface area contributed by atoms with Crippen molar-refractivity contribution in [2.24, 2.45) is 0 Å². The number of benzene rings is 2. The van der Waals surface area contributed by atoms with Crippen molar-refractivity contribution in [1.82, 2.24) is 9.62 Å². The van der Waals surface area contributed by atoms with Crippen LogP contribution in [0.4, 0.5) is 0 Å². The zero-order valence-corrected chi connectivity index (χ0v) is 18.4. The van der Waals surface area contributed by atoms with Gasteiger partial charge in [-0.25, -0.2) is 22.7 Å². The lowest BCUT2D eigenvalue weighted by Crippen LogP contribution is -2.36. The molecule has 1 unspecified atom stereocenters. The number of likely N-dealkylation sites (tertiary alicyclic amines) is 1. The highest BCUT2D eigenvalue weighted by atomic mass is 32.2. The Morgan fingerprint density at radius 2 is 1.52 bits per heavy atom. The minimum absolute atomic E-state index is 0.0510. The Kier molecular flexibility index (Phi) is 7.42. The molecule has 2 aromatic carbocycles. The Hall–Kier alpha value is -2.75. The largest absolute Gasteiger partial charge is 0.465 e. The van der Waals surface area contributed by atoms with Crippen LogP contribution < -0.4 is 4.72 Å². The molecular formula is C22H26N2O6S. The first-order chi connectivity index (χ1) is 14.9. The number of rotatable bonds is 8. The van der Waals surface area contributed by atoms with Crippen LogP contribution in [-0.4, -0.2) is 59.1 Å². The first-order valence-corrected chi connectivity index (χ1v) is 11.4. The van der Waals surface area contributed by atoms with Crippen molar-refractivity contribution in [2.75, 3.05) is 33.9 Å². The van der Waals surface area contributed by atoms with E-state index < -0.39 is 22.0 Å². The summed E-state index contributed by atoms with van der Waals surface area (Å²) in [4.78, 5) is 26.0. The summed E-state index contributed by atoms with van der Waals surface area (Å²) in [6.45, 7) is 1.94. The normalized spacial score (nSPS) is 15.4. The predicted molar refractivity (Wildman–Crippen MR) is 114 cm³/mol. The van der Waals surface area contributed by atoms with E-state index >= 15 is 0 Å². The summed E-state index contributed by atoms with van der Waals surface area (Å²) in [5, 5.41) is 0. The van der Waals surface area contributed by atoms with E-state index in [-0.39, 0.29) is 28.6 Å². The third-order valence-corrected chi connectivity index (χ3v) is 6.69. The van der Waals surface area contributed by atoms with Crippen LogP contribution in [0, 0.1) is 0 Å². The average molecular weight is 447 g/mol. The highest BCUT2D eigenvalue weighted by Crippen LogP contribution is 2.25.